The van der Waals surface area contributed by atoms with Crippen molar-refractivity contribution in [1.82, 2.24) is 0 Å². The fourth-order valence-electron chi connectivity index (χ4n) is 8.21. The summed E-state index contributed by atoms with van der Waals surface area (Å²) in [5.74, 6) is -0.575. The maximum atomic E-state index is 12.2. The van der Waals surface area contributed by atoms with Crippen LogP contribution in [0.4, 0.5) is 0 Å². The first kappa shape index (κ1) is 55.9. The van der Waals surface area contributed by atoms with Crippen molar-refractivity contribution >= 4 is 11.9 Å². The Hall–Kier alpha value is -1.10. The average molecular weight is 807 g/mol. The summed E-state index contributed by atoms with van der Waals surface area (Å²) in [6, 6.07) is 0. The van der Waals surface area contributed by atoms with Crippen molar-refractivity contribution in [3.05, 3.63) is 0 Å². The molecule has 5 heteroatoms. The van der Waals surface area contributed by atoms with Crippen LogP contribution in [0.5, 0.6) is 0 Å². The van der Waals surface area contributed by atoms with Crippen molar-refractivity contribution in [3.63, 3.8) is 0 Å². The van der Waals surface area contributed by atoms with Crippen LogP contribution in [0, 0.1) is 0 Å². The van der Waals surface area contributed by atoms with Crippen LogP contribution in [-0.2, 0) is 19.1 Å². The lowest BCUT2D eigenvalue weighted by Gasteiger charge is -2.15. The summed E-state index contributed by atoms with van der Waals surface area (Å²) in [5, 5.41) is 9.57. The van der Waals surface area contributed by atoms with Gasteiger partial charge in [0.2, 0.25) is 0 Å². The highest BCUT2D eigenvalue weighted by Gasteiger charge is 2.16. The molecule has 0 aliphatic carbocycles. The first-order valence-corrected chi connectivity index (χ1v) is 26.1. The summed E-state index contributed by atoms with van der Waals surface area (Å²) in [6.07, 6.45) is 58.1. The van der Waals surface area contributed by atoms with E-state index < -0.39 is 6.10 Å². The maximum Gasteiger partial charge on any atom is 0.306 e. The summed E-state index contributed by atoms with van der Waals surface area (Å²) in [7, 11) is 0. The van der Waals surface area contributed by atoms with Gasteiger partial charge in [0.05, 0.1) is 6.61 Å². The van der Waals surface area contributed by atoms with Gasteiger partial charge < -0.3 is 14.6 Å². The molecule has 57 heavy (non-hydrogen) atoms. The van der Waals surface area contributed by atoms with Gasteiger partial charge in [0.15, 0.2) is 6.10 Å². The topological polar surface area (TPSA) is 72.8 Å². The predicted molar refractivity (Wildman–Crippen MR) is 247 cm³/mol. The second kappa shape index (κ2) is 49.3. The first-order chi connectivity index (χ1) is 28.1. The second-order valence-corrected chi connectivity index (χ2v) is 18.0. The lowest BCUT2D eigenvalue weighted by molar-refractivity contribution is -0.161. The molecule has 340 valence electrons. The van der Waals surface area contributed by atoms with E-state index >= 15 is 0 Å². The van der Waals surface area contributed by atoms with Gasteiger partial charge in [0.25, 0.3) is 0 Å². The number of carbonyl (C=O) groups is 2. The highest BCUT2D eigenvalue weighted by molar-refractivity contribution is 5.70. The number of unbranched alkanes of at least 4 members (excludes halogenated alkanes) is 41. The minimum atomic E-state index is -0.761. The Kier molecular flexibility index (Phi) is 48.3. The molecule has 0 aromatic heterocycles. The van der Waals surface area contributed by atoms with Crippen LogP contribution < -0.4 is 0 Å². The molecular weight excluding hydrogens is 705 g/mol. The third kappa shape index (κ3) is 47.5. The van der Waals surface area contributed by atoms with Crippen molar-refractivity contribution in [2.24, 2.45) is 0 Å². The Bertz CT molecular complexity index is 784. The third-order valence-electron chi connectivity index (χ3n) is 12.2. The first-order valence-electron chi connectivity index (χ1n) is 26.1. The Morgan fingerprint density at radius 3 is 0.772 bits per heavy atom. The molecule has 0 aromatic rings. The van der Waals surface area contributed by atoms with Gasteiger partial charge in [-0.05, 0) is 12.8 Å². The molecule has 0 bridgehead atoms. The van der Waals surface area contributed by atoms with Crippen LogP contribution in [0.2, 0.25) is 0 Å². The Morgan fingerprint density at radius 1 is 0.333 bits per heavy atom. The summed E-state index contributed by atoms with van der Waals surface area (Å²) in [4.78, 5) is 24.3. The van der Waals surface area contributed by atoms with Gasteiger partial charge in [0.1, 0.15) is 6.61 Å². The normalized spacial score (nSPS) is 12.0. The molecule has 0 fully saturated rings. The van der Waals surface area contributed by atoms with E-state index in [9.17, 15) is 14.7 Å². The smallest absolute Gasteiger partial charge is 0.306 e. The zero-order chi connectivity index (χ0) is 41.4. The van der Waals surface area contributed by atoms with Crippen molar-refractivity contribution in [3.8, 4) is 0 Å². The highest BCUT2D eigenvalue weighted by atomic mass is 16.6. The SMILES string of the molecule is CCCCCCCCCCCCCCCCCCCCCCCCCCCCCCCCCCCCC(=O)OC(CO)COC(=O)CCCCCCCCCCC. The lowest BCUT2D eigenvalue weighted by Crippen LogP contribution is -2.28. The van der Waals surface area contributed by atoms with Crippen molar-refractivity contribution in [2.45, 2.75) is 309 Å². The molecule has 0 heterocycles. The molecule has 0 radical (unpaired) electrons. The van der Waals surface area contributed by atoms with Crippen LogP contribution in [0.1, 0.15) is 303 Å². The van der Waals surface area contributed by atoms with E-state index in [-0.39, 0.29) is 25.2 Å². The number of carbonyl (C=O) groups excluding carboxylic acids is 2. The molecule has 0 saturated carbocycles. The zero-order valence-electron chi connectivity index (χ0n) is 38.9. The lowest BCUT2D eigenvalue weighted by atomic mass is 10.0. The standard InChI is InChI=1S/C52H102O5/c1-3-5-7-9-11-13-14-15-16-17-18-19-20-21-22-23-24-25-26-27-28-29-30-31-32-33-34-35-36-37-39-41-43-45-47-52(55)57-50(48-53)49-56-51(54)46-44-42-40-38-12-10-8-6-4-2/h50,53H,3-49H2,1-2H3. The minimum Gasteiger partial charge on any atom is -0.462 e. The van der Waals surface area contributed by atoms with E-state index in [4.69, 9.17) is 9.47 Å². The molecule has 1 N–H and O–H groups in total. The van der Waals surface area contributed by atoms with E-state index in [2.05, 4.69) is 13.8 Å². The molecule has 1 atom stereocenters. The molecule has 0 saturated heterocycles. The summed E-state index contributed by atoms with van der Waals surface area (Å²) in [6.45, 7) is 4.16. The van der Waals surface area contributed by atoms with E-state index in [0.29, 0.717) is 12.8 Å². The number of aliphatic hydroxyl groups is 1. The Morgan fingerprint density at radius 2 is 0.544 bits per heavy atom. The number of hydrogen-bond donors (Lipinski definition) is 1. The number of ether oxygens (including phenoxy) is 2. The molecular formula is C52H102O5. The summed E-state index contributed by atoms with van der Waals surface area (Å²) < 4.78 is 10.6. The van der Waals surface area contributed by atoms with Crippen LogP contribution in [-0.4, -0.2) is 36.4 Å². The monoisotopic (exact) mass is 807 g/mol. The van der Waals surface area contributed by atoms with Crippen LogP contribution in [0.3, 0.4) is 0 Å². The molecule has 5 nitrogen and oxygen atoms in total. The number of rotatable bonds is 49. The molecule has 0 spiro atoms. The van der Waals surface area contributed by atoms with Gasteiger partial charge in [-0.25, -0.2) is 0 Å². The zero-order valence-corrected chi connectivity index (χ0v) is 38.9. The molecule has 0 rings (SSSR count). The van der Waals surface area contributed by atoms with Crippen LogP contribution in [0.25, 0.3) is 0 Å². The summed E-state index contributed by atoms with van der Waals surface area (Å²) in [5.41, 5.74) is 0. The van der Waals surface area contributed by atoms with Gasteiger partial charge in [0, 0.05) is 12.8 Å². The van der Waals surface area contributed by atoms with E-state index in [1.807, 2.05) is 0 Å². The van der Waals surface area contributed by atoms with E-state index in [1.54, 1.807) is 0 Å². The minimum absolute atomic E-state index is 0.0574. The highest BCUT2D eigenvalue weighted by Crippen LogP contribution is 2.18. The van der Waals surface area contributed by atoms with Gasteiger partial charge in [-0.15, -0.1) is 0 Å². The summed E-state index contributed by atoms with van der Waals surface area (Å²) >= 11 is 0. The van der Waals surface area contributed by atoms with Crippen LogP contribution in [0.15, 0.2) is 0 Å². The molecule has 0 aliphatic heterocycles. The number of hydrogen-bond acceptors (Lipinski definition) is 5. The predicted octanol–water partition coefficient (Wildman–Crippen LogP) is 17.0. The van der Waals surface area contributed by atoms with Crippen molar-refractivity contribution < 1.29 is 24.2 Å². The Labute approximate surface area is 357 Å². The second-order valence-electron chi connectivity index (χ2n) is 18.0. The quantitative estimate of drug-likeness (QED) is 0.0490. The number of esters is 2. The van der Waals surface area contributed by atoms with Gasteiger partial charge in [-0.3, -0.25) is 9.59 Å². The van der Waals surface area contributed by atoms with Crippen LogP contribution >= 0.6 is 0 Å². The van der Waals surface area contributed by atoms with Crippen molar-refractivity contribution in [1.29, 1.82) is 0 Å². The van der Waals surface area contributed by atoms with Crippen molar-refractivity contribution in [2.75, 3.05) is 13.2 Å². The Balaban J connectivity index is 3.31. The fourth-order valence-corrected chi connectivity index (χ4v) is 8.21. The average Bonchev–Trinajstić information content (AvgIpc) is 3.21. The molecule has 0 amide bonds. The number of aliphatic hydroxyl groups excluding tert-OH is 1. The molecule has 1 unspecified atom stereocenters. The van der Waals surface area contributed by atoms with E-state index in [1.165, 1.54) is 238 Å². The van der Waals surface area contributed by atoms with Gasteiger partial charge in [-0.1, -0.05) is 277 Å². The maximum absolute atomic E-state index is 12.2. The third-order valence-corrected chi connectivity index (χ3v) is 12.2. The molecule has 0 aromatic carbocycles. The van der Waals surface area contributed by atoms with E-state index in [0.717, 1.165) is 38.5 Å². The molecule has 0 aliphatic rings. The fraction of sp³-hybridized carbons (Fsp3) is 0.962. The largest absolute Gasteiger partial charge is 0.462 e. The van der Waals surface area contributed by atoms with Gasteiger partial charge >= 0.3 is 11.9 Å². The van der Waals surface area contributed by atoms with Gasteiger partial charge in [-0.2, -0.15) is 0 Å².